The number of para-hydroxylation sites is 1. The highest BCUT2D eigenvalue weighted by Gasteiger charge is 2.35. The number of halogens is 5. The quantitative estimate of drug-likeness (QED) is 0.202. The Bertz CT molecular complexity index is 1830. The van der Waals surface area contributed by atoms with E-state index in [0.717, 1.165) is 6.07 Å². The second kappa shape index (κ2) is 11.3. The van der Waals surface area contributed by atoms with Crippen molar-refractivity contribution < 1.29 is 27.5 Å². The van der Waals surface area contributed by atoms with Crippen molar-refractivity contribution in [1.29, 1.82) is 0 Å². The van der Waals surface area contributed by atoms with Crippen LogP contribution >= 0.6 is 34.5 Å². The average Bonchev–Trinajstić information content (AvgIpc) is 3.64. The van der Waals surface area contributed by atoms with Gasteiger partial charge in [-0.2, -0.15) is 23.4 Å². The first kappa shape index (κ1) is 29.4. The van der Waals surface area contributed by atoms with Gasteiger partial charge in [0.05, 0.1) is 21.4 Å². The molecule has 10 nitrogen and oxygen atoms in total. The van der Waals surface area contributed by atoms with Crippen LogP contribution in [0.4, 0.5) is 18.9 Å². The number of alkyl halides is 3. The normalized spacial score (nSPS) is 11.7. The van der Waals surface area contributed by atoms with E-state index in [1.54, 1.807) is 36.0 Å². The Balaban J connectivity index is 1.54. The second-order valence-electron chi connectivity index (χ2n) is 8.91. The fourth-order valence-corrected chi connectivity index (χ4v) is 5.69. The van der Waals surface area contributed by atoms with Crippen LogP contribution in [0.15, 0.2) is 42.7 Å². The summed E-state index contributed by atoms with van der Waals surface area (Å²) in [6, 6.07) is 7.11. The zero-order chi connectivity index (χ0) is 30.3. The fourth-order valence-electron chi connectivity index (χ4n) is 4.18. The van der Waals surface area contributed by atoms with Gasteiger partial charge in [0.2, 0.25) is 0 Å². The number of benzene rings is 1. The lowest BCUT2D eigenvalue weighted by Gasteiger charge is -2.11. The Kier molecular flexibility index (Phi) is 7.88. The Hall–Kier alpha value is -4.14. The number of hydrogen-bond acceptors (Lipinski definition) is 7. The van der Waals surface area contributed by atoms with E-state index in [1.165, 1.54) is 16.9 Å². The molecular weight excluding hydrogens is 618 g/mol. The summed E-state index contributed by atoms with van der Waals surface area (Å²) in [6.07, 6.45) is -1.73. The number of amides is 2. The maximum absolute atomic E-state index is 13.8. The Morgan fingerprint density at radius 1 is 1.12 bits per heavy atom. The van der Waals surface area contributed by atoms with E-state index in [4.69, 9.17) is 33.7 Å². The number of carbonyl (C=O) groups is 2. The molecule has 218 valence electrons. The highest BCUT2D eigenvalue weighted by Crippen LogP contribution is 2.44. The molecule has 16 heteroatoms. The van der Waals surface area contributed by atoms with E-state index in [1.807, 2.05) is 6.92 Å². The predicted molar refractivity (Wildman–Crippen MR) is 152 cm³/mol. The lowest BCUT2D eigenvalue weighted by atomic mass is 10.0. The third-order valence-corrected chi connectivity index (χ3v) is 7.80. The topological polar surface area (TPSA) is 130 Å². The SMILES string of the molecule is CCn1cc(-c2cc(C(F)(F)F)nc3sc(C(N)=O)c(NC(=O)c4ccn(COc5c(Cl)cccc5Cl)n4)c23)c(C)n1. The zero-order valence-corrected chi connectivity index (χ0v) is 24.1. The minimum atomic E-state index is -4.78. The molecule has 42 heavy (non-hydrogen) atoms. The largest absolute Gasteiger partial charge is 0.468 e. The molecule has 0 unspecified atom stereocenters. The highest BCUT2D eigenvalue weighted by molar-refractivity contribution is 7.21. The first-order chi connectivity index (χ1) is 19.9. The Morgan fingerprint density at radius 3 is 2.45 bits per heavy atom. The molecule has 4 heterocycles. The van der Waals surface area contributed by atoms with Gasteiger partial charge in [-0.15, -0.1) is 11.3 Å². The molecule has 0 radical (unpaired) electrons. The van der Waals surface area contributed by atoms with E-state index < -0.39 is 23.7 Å². The number of anilines is 1. The molecule has 0 saturated carbocycles. The van der Waals surface area contributed by atoms with Crippen LogP contribution in [-0.2, 0) is 19.5 Å². The standard InChI is InChI=1S/C26H20Cl2F3N7O3S/c1-3-37-10-14(12(2)35-37)13-9-18(26(29,30)31)33-25-19(13)20(22(42-25)23(32)39)34-24(40)17-7-8-38(36-17)11-41-21-15(27)5-4-6-16(21)28/h4-10H,3,11H2,1-2H3,(H2,32,39)(H,34,40). The maximum atomic E-state index is 13.8. The van der Waals surface area contributed by atoms with Gasteiger partial charge in [-0.1, -0.05) is 29.3 Å². The smallest absolute Gasteiger partial charge is 0.433 e. The van der Waals surface area contributed by atoms with E-state index in [9.17, 15) is 22.8 Å². The lowest BCUT2D eigenvalue weighted by Crippen LogP contribution is -2.18. The molecule has 2 amide bonds. The molecule has 5 aromatic rings. The van der Waals surface area contributed by atoms with Crippen LogP contribution in [0.5, 0.6) is 5.75 Å². The summed E-state index contributed by atoms with van der Waals surface area (Å²) in [4.78, 5) is 29.1. The number of nitrogens with one attached hydrogen (secondary N) is 1. The van der Waals surface area contributed by atoms with Crippen molar-refractivity contribution in [2.75, 3.05) is 5.32 Å². The summed E-state index contributed by atoms with van der Waals surface area (Å²) in [5.74, 6) is -1.47. The zero-order valence-electron chi connectivity index (χ0n) is 21.8. The van der Waals surface area contributed by atoms with Crippen LogP contribution < -0.4 is 15.8 Å². The van der Waals surface area contributed by atoms with Crippen LogP contribution in [0.2, 0.25) is 10.0 Å². The predicted octanol–water partition coefficient (Wildman–Crippen LogP) is 6.40. The summed E-state index contributed by atoms with van der Waals surface area (Å²) in [6.45, 7) is 3.80. The van der Waals surface area contributed by atoms with Crippen LogP contribution in [0.25, 0.3) is 21.3 Å². The molecule has 5 rings (SSSR count). The number of aryl methyl sites for hydroxylation is 2. The van der Waals surface area contributed by atoms with Gasteiger partial charge in [0.1, 0.15) is 15.4 Å². The van der Waals surface area contributed by atoms with Crippen molar-refractivity contribution in [2.45, 2.75) is 33.3 Å². The minimum Gasteiger partial charge on any atom is -0.468 e. The molecule has 0 bridgehead atoms. The number of carbonyl (C=O) groups excluding carboxylic acids is 2. The molecule has 0 aliphatic rings. The van der Waals surface area contributed by atoms with Crippen LogP contribution in [0, 0.1) is 6.92 Å². The van der Waals surface area contributed by atoms with Crippen molar-refractivity contribution in [1.82, 2.24) is 24.5 Å². The fraction of sp³-hybridized carbons (Fsp3) is 0.192. The van der Waals surface area contributed by atoms with E-state index in [-0.39, 0.29) is 54.6 Å². The third-order valence-electron chi connectivity index (χ3n) is 6.11. The molecule has 0 aliphatic heterocycles. The molecule has 1 aromatic carbocycles. The van der Waals surface area contributed by atoms with Gasteiger partial charge < -0.3 is 15.8 Å². The van der Waals surface area contributed by atoms with Gasteiger partial charge in [-0.25, -0.2) is 9.67 Å². The lowest BCUT2D eigenvalue weighted by molar-refractivity contribution is -0.140. The number of nitrogens with two attached hydrogens (primary N) is 1. The van der Waals surface area contributed by atoms with Crippen molar-refractivity contribution in [2.24, 2.45) is 5.73 Å². The van der Waals surface area contributed by atoms with Crippen molar-refractivity contribution in [3.63, 3.8) is 0 Å². The van der Waals surface area contributed by atoms with Crippen LogP contribution in [0.3, 0.4) is 0 Å². The summed E-state index contributed by atoms with van der Waals surface area (Å²) in [5, 5.41) is 11.8. The number of thiophene rings is 1. The van der Waals surface area contributed by atoms with Gasteiger partial charge in [0.15, 0.2) is 18.2 Å². The summed E-state index contributed by atoms with van der Waals surface area (Å²) in [5.41, 5.74) is 5.16. The summed E-state index contributed by atoms with van der Waals surface area (Å²) < 4.78 is 50.0. The molecule has 0 aliphatic carbocycles. The molecule has 0 spiro atoms. The molecular formula is C26H20Cl2F3N7O3S. The molecule has 4 aromatic heterocycles. The van der Waals surface area contributed by atoms with Crippen molar-refractivity contribution in [3.05, 3.63) is 74.7 Å². The van der Waals surface area contributed by atoms with Crippen LogP contribution in [0.1, 0.15) is 38.5 Å². The number of ether oxygens (including phenoxy) is 1. The van der Waals surface area contributed by atoms with Gasteiger partial charge >= 0.3 is 6.18 Å². The molecule has 0 fully saturated rings. The van der Waals surface area contributed by atoms with E-state index in [2.05, 4.69) is 20.5 Å². The number of pyridine rings is 1. The molecule has 0 atom stereocenters. The second-order valence-corrected chi connectivity index (χ2v) is 10.7. The number of fused-ring (bicyclic) bond motifs is 1. The maximum Gasteiger partial charge on any atom is 0.433 e. The monoisotopic (exact) mass is 637 g/mol. The van der Waals surface area contributed by atoms with Gasteiger partial charge in [0, 0.05) is 29.9 Å². The Labute approximate surface area is 249 Å². The van der Waals surface area contributed by atoms with E-state index >= 15 is 0 Å². The molecule has 0 saturated heterocycles. The van der Waals surface area contributed by atoms with Gasteiger partial charge in [0.25, 0.3) is 11.8 Å². The third kappa shape index (κ3) is 5.65. The van der Waals surface area contributed by atoms with Crippen LogP contribution in [-0.4, -0.2) is 36.4 Å². The first-order valence-electron chi connectivity index (χ1n) is 12.2. The summed E-state index contributed by atoms with van der Waals surface area (Å²) in [7, 11) is 0. The van der Waals surface area contributed by atoms with Gasteiger partial charge in [-0.05, 0) is 43.7 Å². The number of nitrogens with zero attached hydrogens (tertiary/aromatic N) is 5. The number of rotatable bonds is 8. The average molecular weight is 638 g/mol. The number of primary amides is 1. The number of hydrogen-bond donors (Lipinski definition) is 2. The van der Waals surface area contributed by atoms with Crippen molar-refractivity contribution >= 4 is 62.3 Å². The number of aromatic nitrogens is 5. The molecule has 3 N–H and O–H groups in total. The summed E-state index contributed by atoms with van der Waals surface area (Å²) >= 11 is 12.9. The minimum absolute atomic E-state index is 0.0740. The van der Waals surface area contributed by atoms with Gasteiger partial charge in [-0.3, -0.25) is 14.3 Å². The van der Waals surface area contributed by atoms with Crippen molar-refractivity contribution in [3.8, 4) is 16.9 Å². The highest BCUT2D eigenvalue weighted by atomic mass is 35.5. The van der Waals surface area contributed by atoms with E-state index in [0.29, 0.717) is 29.1 Å². The Morgan fingerprint density at radius 2 is 1.83 bits per heavy atom. The first-order valence-corrected chi connectivity index (χ1v) is 13.7.